The highest BCUT2D eigenvalue weighted by Gasteiger charge is 2.61. The maximum Gasteiger partial charge on any atom is 0.329 e. The number of amides is 2. The maximum atomic E-state index is 12.7. The molecular weight excluding hydrogens is 469 g/mol. The van der Waals surface area contributed by atoms with E-state index in [4.69, 9.17) is 15.2 Å². The van der Waals surface area contributed by atoms with Crippen LogP contribution in [0.2, 0.25) is 0 Å². The van der Waals surface area contributed by atoms with Crippen LogP contribution in [0, 0.1) is 3.57 Å². The second-order valence-corrected chi connectivity index (χ2v) is 7.66. The van der Waals surface area contributed by atoms with E-state index in [0.717, 1.165) is 14.0 Å². The largest absolute Gasteiger partial charge is 0.394 e. The Morgan fingerprint density at radius 2 is 2.00 bits per heavy atom. The first-order chi connectivity index (χ1) is 12.8. The lowest BCUT2D eigenvalue weighted by Crippen LogP contribution is -2.64. The molecule has 0 bridgehead atoms. The monoisotopic (exact) mass is 491 g/mol. The number of hydrogen-bond donors (Lipinski definition) is 4. The SMILES string of the molecule is CN1C(=O)N([C@]2(OCc3ccc(I)cc3)O[C@H](CO)[C@@H](O)[C@H]2O)C=CC1N. The van der Waals surface area contributed by atoms with Gasteiger partial charge < -0.3 is 35.4 Å². The van der Waals surface area contributed by atoms with Crippen molar-refractivity contribution in [1.82, 2.24) is 9.80 Å². The molecule has 5 N–H and O–H groups in total. The highest BCUT2D eigenvalue weighted by atomic mass is 127. The van der Waals surface area contributed by atoms with Crippen molar-refractivity contribution < 1.29 is 29.6 Å². The normalized spacial score (nSPS) is 33.8. The fourth-order valence-electron chi connectivity index (χ4n) is 2.98. The number of urea groups is 1. The number of hydrogen-bond acceptors (Lipinski definition) is 7. The average Bonchev–Trinajstić information content (AvgIpc) is 2.91. The van der Waals surface area contributed by atoms with E-state index in [0.29, 0.717) is 0 Å². The highest BCUT2D eigenvalue weighted by Crippen LogP contribution is 2.38. The number of nitrogens with two attached hydrogens (primary N) is 1. The van der Waals surface area contributed by atoms with Crippen molar-refractivity contribution in [1.29, 1.82) is 0 Å². The van der Waals surface area contributed by atoms with Gasteiger partial charge in [0.05, 0.1) is 13.2 Å². The number of nitrogens with zero attached hydrogens (tertiary/aromatic N) is 2. The first-order valence-corrected chi connectivity index (χ1v) is 9.41. The molecule has 10 heteroatoms. The fraction of sp³-hybridized carbons (Fsp3) is 0.471. The van der Waals surface area contributed by atoms with Gasteiger partial charge in [-0.1, -0.05) is 12.1 Å². The summed E-state index contributed by atoms with van der Waals surface area (Å²) in [4.78, 5) is 15.0. The molecule has 3 rings (SSSR count). The van der Waals surface area contributed by atoms with Crippen molar-refractivity contribution in [2.24, 2.45) is 5.73 Å². The minimum atomic E-state index is -2.00. The molecule has 0 aromatic heterocycles. The lowest BCUT2D eigenvalue weighted by Gasteiger charge is -2.44. The number of ether oxygens (including phenoxy) is 2. The number of aliphatic hydroxyl groups excluding tert-OH is 3. The smallest absolute Gasteiger partial charge is 0.329 e. The number of aliphatic hydroxyl groups is 3. The minimum Gasteiger partial charge on any atom is -0.394 e. The van der Waals surface area contributed by atoms with Crippen LogP contribution >= 0.6 is 22.6 Å². The summed E-state index contributed by atoms with van der Waals surface area (Å²) in [6.45, 7) is -0.541. The fourth-order valence-corrected chi connectivity index (χ4v) is 3.34. The van der Waals surface area contributed by atoms with Crippen LogP contribution in [0.3, 0.4) is 0 Å². The quantitative estimate of drug-likeness (QED) is 0.418. The van der Waals surface area contributed by atoms with Gasteiger partial charge in [-0.25, -0.2) is 9.69 Å². The second-order valence-electron chi connectivity index (χ2n) is 6.42. The van der Waals surface area contributed by atoms with E-state index in [1.54, 1.807) is 0 Å². The summed E-state index contributed by atoms with van der Waals surface area (Å²) >= 11 is 2.18. The van der Waals surface area contributed by atoms with Crippen LogP contribution in [0.15, 0.2) is 36.5 Å². The summed E-state index contributed by atoms with van der Waals surface area (Å²) in [5.41, 5.74) is 6.61. The summed E-state index contributed by atoms with van der Waals surface area (Å²) in [7, 11) is 1.50. The number of carbonyl (C=O) groups excluding carboxylic acids is 1. The third-order valence-corrected chi connectivity index (χ3v) is 5.38. The molecular formula is C17H22IN3O6. The molecule has 9 nitrogen and oxygen atoms in total. The van der Waals surface area contributed by atoms with Crippen LogP contribution in [-0.2, 0) is 16.1 Å². The van der Waals surface area contributed by atoms with E-state index < -0.39 is 43.0 Å². The zero-order valence-corrected chi connectivity index (χ0v) is 16.8. The van der Waals surface area contributed by atoms with E-state index in [2.05, 4.69) is 22.6 Å². The van der Waals surface area contributed by atoms with Crippen molar-refractivity contribution in [3.63, 3.8) is 0 Å². The lowest BCUT2D eigenvalue weighted by molar-refractivity contribution is -0.319. The first kappa shape index (κ1) is 20.5. The number of benzene rings is 1. The van der Waals surface area contributed by atoms with E-state index in [9.17, 15) is 20.1 Å². The van der Waals surface area contributed by atoms with Crippen molar-refractivity contribution >= 4 is 28.6 Å². The topological polar surface area (TPSA) is 129 Å². The van der Waals surface area contributed by atoms with Gasteiger partial charge in [0.15, 0.2) is 6.10 Å². The molecule has 148 valence electrons. The molecule has 1 unspecified atom stereocenters. The van der Waals surface area contributed by atoms with Crippen molar-refractivity contribution in [2.45, 2.75) is 37.0 Å². The molecule has 1 saturated heterocycles. The number of rotatable bonds is 5. The van der Waals surface area contributed by atoms with E-state index in [1.807, 2.05) is 24.3 Å². The Morgan fingerprint density at radius 3 is 2.59 bits per heavy atom. The van der Waals surface area contributed by atoms with Crippen LogP contribution in [0.25, 0.3) is 0 Å². The molecule has 2 amide bonds. The molecule has 1 aromatic carbocycles. The Kier molecular flexibility index (Phi) is 6.05. The van der Waals surface area contributed by atoms with Crippen LogP contribution in [-0.4, -0.2) is 75.2 Å². The maximum absolute atomic E-state index is 12.7. The Bertz CT molecular complexity index is 717. The van der Waals surface area contributed by atoms with Gasteiger partial charge >= 0.3 is 6.03 Å². The summed E-state index contributed by atoms with van der Waals surface area (Å²) < 4.78 is 12.6. The summed E-state index contributed by atoms with van der Waals surface area (Å²) in [6, 6.07) is 6.89. The molecule has 0 aliphatic carbocycles. The van der Waals surface area contributed by atoms with Gasteiger partial charge in [-0.15, -0.1) is 0 Å². The molecule has 5 atom stereocenters. The summed E-state index contributed by atoms with van der Waals surface area (Å²) in [6.07, 6.45) is -1.90. The third kappa shape index (κ3) is 3.70. The Morgan fingerprint density at radius 1 is 1.33 bits per heavy atom. The number of carbonyl (C=O) groups is 1. The Labute approximate surface area is 170 Å². The highest BCUT2D eigenvalue weighted by molar-refractivity contribution is 14.1. The van der Waals surface area contributed by atoms with E-state index in [-0.39, 0.29) is 6.61 Å². The van der Waals surface area contributed by atoms with Crippen LogP contribution in [0.1, 0.15) is 5.56 Å². The summed E-state index contributed by atoms with van der Waals surface area (Å²) in [5, 5.41) is 30.4. The number of likely N-dealkylation sites (N-methyl/N-ethyl adjacent to an activating group) is 1. The number of halogens is 1. The standard InChI is InChI=1S/C17H22IN3O6/c1-20-13(19)6-7-21(16(20)25)17(15(24)14(23)12(8-22)27-17)26-9-10-2-4-11(18)5-3-10/h2-7,12-15,22-24H,8-9,19H2,1H3/t12-,13?,14-,15-,17-/m1/s1. The van der Waals surface area contributed by atoms with E-state index in [1.165, 1.54) is 24.2 Å². The van der Waals surface area contributed by atoms with Gasteiger partial charge in [0.2, 0.25) is 0 Å². The van der Waals surface area contributed by atoms with Crippen molar-refractivity contribution in [3.8, 4) is 0 Å². The van der Waals surface area contributed by atoms with Gasteiger partial charge in [0, 0.05) is 16.8 Å². The molecule has 0 spiro atoms. The predicted octanol–water partition coefficient (Wildman–Crippen LogP) is -0.260. The first-order valence-electron chi connectivity index (χ1n) is 8.33. The van der Waals surface area contributed by atoms with Crippen molar-refractivity contribution in [2.75, 3.05) is 13.7 Å². The predicted molar refractivity (Wildman–Crippen MR) is 103 cm³/mol. The van der Waals surface area contributed by atoms with E-state index >= 15 is 0 Å². The summed E-state index contributed by atoms with van der Waals surface area (Å²) in [5.74, 6) is -2.00. The average molecular weight is 491 g/mol. The molecule has 0 radical (unpaired) electrons. The van der Waals surface area contributed by atoms with Gasteiger partial charge in [-0.3, -0.25) is 0 Å². The zero-order valence-electron chi connectivity index (χ0n) is 14.6. The van der Waals surface area contributed by atoms with Crippen LogP contribution < -0.4 is 5.73 Å². The molecule has 2 aliphatic rings. The van der Waals surface area contributed by atoms with Gasteiger partial charge in [0.25, 0.3) is 5.91 Å². The van der Waals surface area contributed by atoms with Gasteiger partial charge in [0.1, 0.15) is 18.4 Å². The third-order valence-electron chi connectivity index (χ3n) is 4.66. The minimum absolute atomic E-state index is 0.00619. The Balaban J connectivity index is 1.93. The molecule has 27 heavy (non-hydrogen) atoms. The molecule has 0 saturated carbocycles. The lowest BCUT2D eigenvalue weighted by atomic mass is 10.1. The molecule has 2 heterocycles. The van der Waals surface area contributed by atoms with Gasteiger partial charge in [-0.2, -0.15) is 0 Å². The van der Waals surface area contributed by atoms with Crippen molar-refractivity contribution in [3.05, 3.63) is 45.7 Å². The van der Waals surface area contributed by atoms with Crippen LogP contribution in [0.4, 0.5) is 4.79 Å². The van der Waals surface area contributed by atoms with Crippen LogP contribution in [0.5, 0.6) is 0 Å². The van der Waals surface area contributed by atoms with Gasteiger partial charge in [-0.05, 0) is 46.4 Å². The molecule has 1 fully saturated rings. The zero-order chi connectivity index (χ0) is 19.8. The molecule has 2 aliphatic heterocycles. The Hall–Kier alpha value is -1.28. The molecule has 1 aromatic rings. The second kappa shape index (κ2) is 7.99.